The van der Waals surface area contributed by atoms with Gasteiger partial charge in [-0.3, -0.25) is 14.6 Å². The molecule has 0 fully saturated rings. The predicted molar refractivity (Wildman–Crippen MR) is 151 cm³/mol. The van der Waals surface area contributed by atoms with E-state index in [1.165, 1.54) is 11.1 Å². The molecule has 0 radical (unpaired) electrons. The molecule has 1 heterocycles. The summed E-state index contributed by atoms with van der Waals surface area (Å²) >= 11 is 2.27. The van der Waals surface area contributed by atoms with Gasteiger partial charge in [0.05, 0.1) is 19.6 Å². The average Bonchev–Trinajstić information content (AvgIpc) is 3.31. The van der Waals surface area contributed by atoms with Crippen molar-refractivity contribution < 1.29 is 23.2 Å². The van der Waals surface area contributed by atoms with E-state index in [1.54, 1.807) is 23.0 Å². The highest BCUT2D eigenvalue weighted by Gasteiger charge is 2.27. The number of benzene rings is 2. The molecule has 0 spiro atoms. The molecule has 38 heavy (non-hydrogen) atoms. The van der Waals surface area contributed by atoms with Crippen LogP contribution in [0.5, 0.6) is 5.75 Å². The predicted octanol–water partition coefficient (Wildman–Crippen LogP) is 2.91. The second-order valence-corrected chi connectivity index (χ2v) is 11.1. The first-order chi connectivity index (χ1) is 18.1. The normalized spacial score (nSPS) is 13.8. The van der Waals surface area contributed by atoms with Crippen LogP contribution in [0.25, 0.3) is 0 Å². The standard InChI is InChI=1S/C26H35F2IN6O3/c1-17-10-21(18(2)29)23(38-30)11-22(17)34(15-25(36)32-9-8-31-12-24(27)28)16-26(37)33(3)35-13-19-6-4-5-7-20(19)14-35/h4-7,10-11,18,24,31H,8-9,12-16,30H2,1-3H3,(H,32,36). The lowest BCUT2D eigenvalue weighted by atomic mass is 10.1. The smallest absolute Gasteiger partial charge is 0.256 e. The zero-order valence-electron chi connectivity index (χ0n) is 21.8. The number of carbonyl (C=O) groups excluding carboxylic acids is 2. The summed E-state index contributed by atoms with van der Waals surface area (Å²) in [5.74, 6) is 5.49. The molecule has 1 aliphatic rings. The van der Waals surface area contributed by atoms with Crippen molar-refractivity contribution in [1.29, 1.82) is 0 Å². The van der Waals surface area contributed by atoms with Gasteiger partial charge >= 0.3 is 0 Å². The minimum Gasteiger partial charge on any atom is -0.411 e. The third-order valence-corrected chi connectivity index (χ3v) is 7.09. The van der Waals surface area contributed by atoms with Crippen molar-refractivity contribution in [2.24, 2.45) is 5.90 Å². The average molecular weight is 645 g/mol. The lowest BCUT2D eigenvalue weighted by Gasteiger charge is -2.32. The number of amides is 2. The first-order valence-electron chi connectivity index (χ1n) is 12.3. The first-order valence-corrected chi connectivity index (χ1v) is 13.6. The second-order valence-electron chi connectivity index (χ2n) is 9.22. The summed E-state index contributed by atoms with van der Waals surface area (Å²) in [6.45, 7) is 4.93. The summed E-state index contributed by atoms with van der Waals surface area (Å²) in [7, 11) is 1.73. The summed E-state index contributed by atoms with van der Waals surface area (Å²) in [5.41, 5.74) is 4.76. The lowest BCUT2D eigenvalue weighted by Crippen LogP contribution is -2.48. The first kappa shape index (κ1) is 30.0. The van der Waals surface area contributed by atoms with Gasteiger partial charge in [-0.25, -0.2) is 13.8 Å². The number of nitrogens with two attached hydrogens (primary N) is 1. The third-order valence-electron chi connectivity index (χ3n) is 6.42. The highest BCUT2D eigenvalue weighted by molar-refractivity contribution is 14.1. The van der Waals surface area contributed by atoms with Crippen LogP contribution < -0.4 is 26.3 Å². The number of fused-ring (bicyclic) bond motifs is 1. The van der Waals surface area contributed by atoms with Gasteiger partial charge in [-0.1, -0.05) is 46.9 Å². The van der Waals surface area contributed by atoms with Crippen LogP contribution in [0.15, 0.2) is 36.4 Å². The number of hydrogen-bond acceptors (Lipinski definition) is 7. The molecule has 0 aliphatic carbocycles. The summed E-state index contributed by atoms with van der Waals surface area (Å²) in [4.78, 5) is 33.0. The van der Waals surface area contributed by atoms with Crippen LogP contribution in [0.4, 0.5) is 14.5 Å². The summed E-state index contributed by atoms with van der Waals surface area (Å²) in [5, 5.41) is 8.85. The summed E-state index contributed by atoms with van der Waals surface area (Å²) < 4.78 is 24.8. The van der Waals surface area contributed by atoms with Crippen molar-refractivity contribution in [2.75, 3.05) is 44.7 Å². The maximum absolute atomic E-state index is 13.4. The topological polar surface area (TPSA) is 103 Å². The third kappa shape index (κ3) is 7.98. The fourth-order valence-electron chi connectivity index (χ4n) is 4.36. The van der Waals surface area contributed by atoms with Gasteiger partial charge in [-0.05, 0) is 36.6 Å². The van der Waals surface area contributed by atoms with Gasteiger partial charge < -0.3 is 20.4 Å². The Morgan fingerprint density at radius 2 is 1.82 bits per heavy atom. The number of likely N-dealkylation sites (N-methyl/N-ethyl adjacent to an activating group) is 1. The van der Waals surface area contributed by atoms with Gasteiger partial charge in [-0.2, -0.15) is 5.90 Å². The van der Waals surface area contributed by atoms with Crippen LogP contribution in [0.3, 0.4) is 0 Å². The molecule has 4 N–H and O–H groups in total. The number of aryl methyl sites for hydroxylation is 1. The molecule has 1 atom stereocenters. The van der Waals surface area contributed by atoms with Gasteiger partial charge in [0, 0.05) is 54.5 Å². The Morgan fingerprint density at radius 1 is 1.16 bits per heavy atom. The Kier molecular flexibility index (Phi) is 11.1. The zero-order chi connectivity index (χ0) is 27.8. The van der Waals surface area contributed by atoms with Crippen molar-refractivity contribution in [3.05, 3.63) is 58.7 Å². The van der Waals surface area contributed by atoms with E-state index in [1.807, 2.05) is 49.2 Å². The van der Waals surface area contributed by atoms with E-state index in [9.17, 15) is 18.4 Å². The number of alkyl halides is 3. The Labute approximate surface area is 235 Å². The highest BCUT2D eigenvalue weighted by Crippen LogP contribution is 2.36. The number of carbonyl (C=O) groups is 2. The van der Waals surface area contributed by atoms with Crippen molar-refractivity contribution in [3.63, 3.8) is 0 Å². The van der Waals surface area contributed by atoms with E-state index in [-0.39, 0.29) is 41.9 Å². The molecule has 2 amide bonds. The fourth-order valence-corrected chi connectivity index (χ4v) is 4.85. The number of halogens is 3. The van der Waals surface area contributed by atoms with Crippen molar-refractivity contribution in [2.45, 2.75) is 37.3 Å². The molecule has 1 unspecified atom stereocenters. The van der Waals surface area contributed by atoms with Gasteiger partial charge in [0.25, 0.3) is 12.3 Å². The largest absolute Gasteiger partial charge is 0.411 e. The fraction of sp³-hybridized carbons (Fsp3) is 0.462. The van der Waals surface area contributed by atoms with E-state index in [2.05, 4.69) is 33.2 Å². The van der Waals surface area contributed by atoms with Crippen LogP contribution in [-0.2, 0) is 22.7 Å². The van der Waals surface area contributed by atoms with E-state index < -0.39 is 13.0 Å². The molecular formula is C26H35F2IN6O3. The number of nitrogens with zero attached hydrogens (tertiary/aromatic N) is 3. The van der Waals surface area contributed by atoms with Crippen molar-refractivity contribution >= 4 is 40.1 Å². The van der Waals surface area contributed by atoms with Gasteiger partial charge in [-0.15, -0.1) is 0 Å². The SMILES string of the molecule is Cc1cc(C(C)I)c(ON)cc1N(CC(=O)NCCNCC(F)F)CC(=O)N(C)N1Cc2ccccc2C1. The Bertz CT molecular complexity index is 1100. The molecule has 9 nitrogen and oxygen atoms in total. The number of hydrogen-bond donors (Lipinski definition) is 3. The molecule has 0 aromatic heterocycles. The molecular weight excluding hydrogens is 609 g/mol. The highest BCUT2D eigenvalue weighted by atomic mass is 127. The van der Waals surface area contributed by atoms with Gasteiger partial charge in [0.1, 0.15) is 0 Å². The van der Waals surface area contributed by atoms with Crippen LogP contribution in [0.1, 0.15) is 33.1 Å². The van der Waals surface area contributed by atoms with Crippen molar-refractivity contribution in [3.8, 4) is 5.75 Å². The Balaban J connectivity index is 1.76. The number of rotatable bonds is 13. The van der Waals surface area contributed by atoms with Crippen molar-refractivity contribution in [1.82, 2.24) is 20.7 Å². The Hall–Kier alpha value is -2.55. The van der Waals surface area contributed by atoms with E-state index in [4.69, 9.17) is 10.7 Å². The summed E-state index contributed by atoms with van der Waals surface area (Å²) in [6.07, 6.45) is -2.46. The minimum atomic E-state index is -2.46. The molecule has 3 rings (SSSR count). The summed E-state index contributed by atoms with van der Waals surface area (Å²) in [6, 6.07) is 11.7. The molecule has 2 aromatic rings. The maximum atomic E-state index is 13.4. The zero-order valence-corrected chi connectivity index (χ0v) is 24.0. The monoisotopic (exact) mass is 644 g/mol. The van der Waals surface area contributed by atoms with Crippen LogP contribution in [-0.4, -0.2) is 68.0 Å². The molecule has 0 saturated carbocycles. The number of nitrogens with one attached hydrogen (secondary N) is 2. The number of hydrazine groups is 1. The van der Waals surface area contributed by atoms with E-state index in [0.717, 1.165) is 11.1 Å². The molecule has 0 saturated heterocycles. The molecule has 2 aromatic carbocycles. The second kappa shape index (κ2) is 14.0. The Morgan fingerprint density at radius 3 is 2.39 bits per heavy atom. The van der Waals surface area contributed by atoms with Crippen LogP contribution in [0, 0.1) is 6.92 Å². The quantitative estimate of drug-likeness (QED) is 0.134. The van der Waals surface area contributed by atoms with E-state index >= 15 is 0 Å². The van der Waals surface area contributed by atoms with Gasteiger partial charge in [0.2, 0.25) is 5.91 Å². The number of anilines is 1. The van der Waals surface area contributed by atoms with E-state index in [0.29, 0.717) is 24.5 Å². The van der Waals surface area contributed by atoms with Crippen LogP contribution >= 0.6 is 22.6 Å². The van der Waals surface area contributed by atoms with Gasteiger partial charge in [0.15, 0.2) is 5.75 Å². The molecule has 0 bridgehead atoms. The molecule has 208 valence electrons. The molecule has 1 aliphatic heterocycles. The lowest BCUT2D eigenvalue weighted by molar-refractivity contribution is -0.145. The maximum Gasteiger partial charge on any atom is 0.256 e. The minimum absolute atomic E-state index is 0.0651. The van der Waals surface area contributed by atoms with Crippen LogP contribution in [0.2, 0.25) is 0 Å². The molecule has 12 heteroatoms.